The molecular formula is C14H16F3N3O2S. The Morgan fingerprint density at radius 2 is 2.00 bits per heavy atom. The van der Waals surface area contributed by atoms with Crippen LogP contribution < -0.4 is 4.72 Å². The van der Waals surface area contributed by atoms with Crippen LogP contribution in [0.15, 0.2) is 47.9 Å². The average Bonchev–Trinajstić information content (AvgIpc) is 2.98. The van der Waals surface area contributed by atoms with Crippen LogP contribution in [0.2, 0.25) is 0 Å². The first-order chi connectivity index (χ1) is 10.7. The quantitative estimate of drug-likeness (QED) is 0.874. The molecule has 9 heteroatoms. The van der Waals surface area contributed by atoms with Gasteiger partial charge in [0, 0.05) is 25.0 Å². The van der Waals surface area contributed by atoms with Crippen molar-refractivity contribution in [2.75, 3.05) is 0 Å². The molecule has 1 heterocycles. The highest BCUT2D eigenvalue weighted by Crippen LogP contribution is 2.33. The maximum atomic E-state index is 13.0. The lowest BCUT2D eigenvalue weighted by atomic mass is 10.2. The lowest BCUT2D eigenvalue weighted by Gasteiger charge is -2.19. The number of benzene rings is 1. The molecule has 0 unspecified atom stereocenters. The molecule has 5 nitrogen and oxygen atoms in total. The van der Waals surface area contributed by atoms with E-state index in [1.54, 1.807) is 23.9 Å². The third-order valence-corrected chi connectivity index (χ3v) is 4.87. The Morgan fingerprint density at radius 1 is 1.30 bits per heavy atom. The van der Waals surface area contributed by atoms with E-state index < -0.39 is 32.7 Å². The molecule has 1 aromatic carbocycles. The van der Waals surface area contributed by atoms with Gasteiger partial charge in [-0.3, -0.25) is 0 Å². The molecule has 1 aromatic heterocycles. The summed E-state index contributed by atoms with van der Waals surface area (Å²) in [5, 5.41) is 0. The minimum absolute atomic E-state index is 0.282. The summed E-state index contributed by atoms with van der Waals surface area (Å²) in [5.74, 6) is 0. The van der Waals surface area contributed by atoms with Gasteiger partial charge in [-0.15, -0.1) is 0 Å². The molecule has 0 bridgehead atoms. The summed E-state index contributed by atoms with van der Waals surface area (Å²) in [6.07, 6.45) is 0.393. The number of rotatable bonds is 6. The number of alkyl halides is 3. The molecule has 126 valence electrons. The summed E-state index contributed by atoms with van der Waals surface area (Å²) < 4.78 is 67.7. The van der Waals surface area contributed by atoms with Crippen LogP contribution in [0.25, 0.3) is 0 Å². The minimum atomic E-state index is -4.74. The third kappa shape index (κ3) is 4.32. The fourth-order valence-electron chi connectivity index (χ4n) is 2.12. The molecule has 0 amide bonds. The molecule has 1 atom stereocenters. The SMILES string of the molecule is CC[C@@H](Cn1ccnc1)NS(=O)(=O)c1ccccc1C(F)(F)F. The van der Waals surface area contributed by atoms with Gasteiger partial charge in [-0.1, -0.05) is 19.1 Å². The zero-order chi connectivity index (χ0) is 17.1. The standard InChI is InChI=1S/C14H16F3N3O2S/c1-2-11(9-20-8-7-18-10-20)19-23(21,22)13-6-4-3-5-12(13)14(15,16)17/h3-8,10-11,19H,2,9H2,1H3/t11-/m0/s1. The van der Waals surface area contributed by atoms with E-state index in [2.05, 4.69) is 9.71 Å². The van der Waals surface area contributed by atoms with E-state index in [0.717, 1.165) is 18.2 Å². The molecular weight excluding hydrogens is 331 g/mol. The zero-order valence-electron chi connectivity index (χ0n) is 12.3. The highest BCUT2D eigenvalue weighted by Gasteiger charge is 2.37. The molecule has 0 saturated carbocycles. The second-order valence-corrected chi connectivity index (χ2v) is 6.66. The Balaban J connectivity index is 2.28. The third-order valence-electron chi connectivity index (χ3n) is 3.29. The molecule has 0 saturated heterocycles. The predicted octanol–water partition coefficient (Wildman–Crippen LogP) is 2.66. The van der Waals surface area contributed by atoms with E-state index in [9.17, 15) is 21.6 Å². The summed E-state index contributed by atoms with van der Waals surface area (Å²) in [7, 11) is -4.29. The summed E-state index contributed by atoms with van der Waals surface area (Å²) in [6.45, 7) is 2.03. The van der Waals surface area contributed by atoms with Crippen LogP contribution >= 0.6 is 0 Å². The van der Waals surface area contributed by atoms with Crippen molar-refractivity contribution < 1.29 is 21.6 Å². The molecule has 2 aromatic rings. The first kappa shape index (κ1) is 17.5. The highest BCUT2D eigenvalue weighted by molar-refractivity contribution is 7.89. The van der Waals surface area contributed by atoms with Crippen LogP contribution in [-0.2, 0) is 22.7 Å². The minimum Gasteiger partial charge on any atom is -0.336 e. The van der Waals surface area contributed by atoms with Crippen LogP contribution in [0, 0.1) is 0 Å². The Labute approximate surface area is 132 Å². The van der Waals surface area contributed by atoms with Gasteiger partial charge >= 0.3 is 6.18 Å². The maximum absolute atomic E-state index is 13.0. The van der Waals surface area contributed by atoms with Crippen molar-refractivity contribution in [3.05, 3.63) is 48.5 Å². The van der Waals surface area contributed by atoms with Crippen molar-refractivity contribution in [2.45, 2.75) is 37.0 Å². The van der Waals surface area contributed by atoms with E-state index in [1.165, 1.54) is 12.4 Å². The van der Waals surface area contributed by atoms with Crippen LogP contribution in [0.5, 0.6) is 0 Å². The predicted molar refractivity (Wildman–Crippen MR) is 78.1 cm³/mol. The van der Waals surface area contributed by atoms with Crippen molar-refractivity contribution in [1.29, 1.82) is 0 Å². The van der Waals surface area contributed by atoms with Gasteiger partial charge in [0.15, 0.2) is 0 Å². The van der Waals surface area contributed by atoms with Crippen LogP contribution in [-0.4, -0.2) is 24.0 Å². The largest absolute Gasteiger partial charge is 0.417 e. The van der Waals surface area contributed by atoms with Crippen LogP contribution in [0.1, 0.15) is 18.9 Å². The number of hydrogen-bond acceptors (Lipinski definition) is 3. The molecule has 0 aliphatic carbocycles. The first-order valence-corrected chi connectivity index (χ1v) is 8.36. The maximum Gasteiger partial charge on any atom is 0.417 e. The molecule has 1 N–H and O–H groups in total. The monoisotopic (exact) mass is 347 g/mol. The fourth-order valence-corrected chi connectivity index (χ4v) is 3.65. The number of nitrogens with zero attached hydrogens (tertiary/aromatic N) is 2. The second-order valence-electron chi connectivity index (χ2n) is 4.98. The van der Waals surface area contributed by atoms with Gasteiger partial charge in [-0.25, -0.2) is 18.1 Å². The molecule has 0 aliphatic rings. The molecule has 2 rings (SSSR count). The number of sulfonamides is 1. The molecule has 23 heavy (non-hydrogen) atoms. The summed E-state index contributed by atoms with van der Waals surface area (Å²) in [6, 6.07) is 3.58. The topological polar surface area (TPSA) is 64.0 Å². The Bertz CT molecular complexity index is 743. The normalized spacial score (nSPS) is 13.9. The smallest absolute Gasteiger partial charge is 0.336 e. The van der Waals surface area contributed by atoms with E-state index in [1.807, 2.05) is 0 Å². The summed E-state index contributed by atoms with van der Waals surface area (Å²) in [5.41, 5.74) is -1.18. The molecule has 0 aliphatic heterocycles. The van der Waals surface area contributed by atoms with Gasteiger partial charge in [-0.2, -0.15) is 13.2 Å². The first-order valence-electron chi connectivity index (χ1n) is 6.88. The van der Waals surface area contributed by atoms with Crippen molar-refractivity contribution in [3.8, 4) is 0 Å². The van der Waals surface area contributed by atoms with E-state index in [0.29, 0.717) is 6.42 Å². The zero-order valence-corrected chi connectivity index (χ0v) is 13.1. The van der Waals surface area contributed by atoms with Gasteiger partial charge in [0.2, 0.25) is 10.0 Å². The number of hydrogen-bond donors (Lipinski definition) is 1. The fraction of sp³-hybridized carbons (Fsp3) is 0.357. The van der Waals surface area contributed by atoms with Crippen LogP contribution in [0.3, 0.4) is 0 Å². The van der Waals surface area contributed by atoms with Crippen molar-refractivity contribution in [2.24, 2.45) is 0 Å². The molecule has 0 radical (unpaired) electrons. The van der Waals surface area contributed by atoms with E-state index in [4.69, 9.17) is 0 Å². The summed E-state index contributed by atoms with van der Waals surface area (Å²) >= 11 is 0. The Hall–Kier alpha value is -1.87. The van der Waals surface area contributed by atoms with Crippen molar-refractivity contribution in [3.63, 3.8) is 0 Å². The average molecular weight is 347 g/mol. The highest BCUT2D eigenvalue weighted by atomic mass is 32.2. The molecule has 0 fully saturated rings. The lowest BCUT2D eigenvalue weighted by Crippen LogP contribution is -2.38. The summed E-state index contributed by atoms with van der Waals surface area (Å²) in [4.78, 5) is 3.08. The lowest BCUT2D eigenvalue weighted by molar-refractivity contribution is -0.139. The van der Waals surface area contributed by atoms with Crippen LogP contribution in [0.4, 0.5) is 13.2 Å². The Kier molecular flexibility index (Phi) is 5.10. The van der Waals surface area contributed by atoms with E-state index >= 15 is 0 Å². The van der Waals surface area contributed by atoms with Gasteiger partial charge < -0.3 is 4.57 Å². The number of aromatic nitrogens is 2. The second kappa shape index (κ2) is 6.71. The van der Waals surface area contributed by atoms with Gasteiger partial charge in [0.25, 0.3) is 0 Å². The van der Waals surface area contributed by atoms with Crippen molar-refractivity contribution >= 4 is 10.0 Å². The van der Waals surface area contributed by atoms with Gasteiger partial charge in [0.1, 0.15) is 0 Å². The molecule has 0 spiro atoms. The number of nitrogens with one attached hydrogen (secondary N) is 1. The van der Waals surface area contributed by atoms with Crippen molar-refractivity contribution in [1.82, 2.24) is 14.3 Å². The Morgan fingerprint density at radius 3 is 2.57 bits per heavy atom. The number of halogens is 3. The number of imidazole rings is 1. The van der Waals surface area contributed by atoms with E-state index in [-0.39, 0.29) is 6.54 Å². The van der Waals surface area contributed by atoms with Gasteiger partial charge in [-0.05, 0) is 18.6 Å². The van der Waals surface area contributed by atoms with Gasteiger partial charge in [0.05, 0.1) is 16.8 Å².